The van der Waals surface area contributed by atoms with Crippen LogP contribution in [0.4, 0.5) is 0 Å². The number of rotatable bonds is 2. The molecule has 76 valence electrons. The average Bonchev–Trinajstić information content (AvgIpc) is 2.72. The Balaban J connectivity index is 2.05. The Kier molecular flexibility index (Phi) is 2.67. The van der Waals surface area contributed by atoms with Crippen molar-refractivity contribution in [2.45, 2.75) is 65.2 Å². The van der Waals surface area contributed by atoms with Gasteiger partial charge in [-0.05, 0) is 36.5 Å². The van der Waals surface area contributed by atoms with Crippen LogP contribution in [0, 0.1) is 17.3 Å². The van der Waals surface area contributed by atoms with E-state index in [1.165, 1.54) is 51.4 Å². The second-order valence-electron chi connectivity index (χ2n) is 5.57. The molecule has 0 bridgehead atoms. The van der Waals surface area contributed by atoms with E-state index in [0.717, 1.165) is 17.3 Å². The summed E-state index contributed by atoms with van der Waals surface area (Å²) in [5.41, 5.74) is 0.747. The third-order valence-corrected chi connectivity index (χ3v) is 4.82. The molecule has 0 nitrogen and oxygen atoms in total. The van der Waals surface area contributed by atoms with Crippen LogP contribution in [0.5, 0.6) is 0 Å². The molecule has 2 atom stereocenters. The van der Waals surface area contributed by atoms with Gasteiger partial charge in [0.1, 0.15) is 0 Å². The normalized spacial score (nSPS) is 38.3. The highest BCUT2D eigenvalue weighted by atomic mass is 14.5. The minimum atomic E-state index is 0.747. The first-order valence-electron chi connectivity index (χ1n) is 6.26. The topological polar surface area (TPSA) is 0 Å². The molecule has 2 aliphatic rings. The van der Waals surface area contributed by atoms with Crippen molar-refractivity contribution in [3.8, 4) is 0 Å². The van der Waals surface area contributed by atoms with Gasteiger partial charge in [-0.3, -0.25) is 0 Å². The van der Waals surface area contributed by atoms with E-state index in [2.05, 4.69) is 13.8 Å². The van der Waals surface area contributed by atoms with Gasteiger partial charge in [-0.15, -0.1) is 0 Å². The van der Waals surface area contributed by atoms with Gasteiger partial charge >= 0.3 is 0 Å². The Bertz CT molecular complexity index is 165. The Morgan fingerprint density at radius 1 is 1.08 bits per heavy atom. The van der Waals surface area contributed by atoms with Crippen molar-refractivity contribution in [3.05, 3.63) is 0 Å². The predicted octanol–water partition coefficient (Wildman–Crippen LogP) is 4.39. The van der Waals surface area contributed by atoms with Gasteiger partial charge in [-0.1, -0.05) is 46.0 Å². The lowest BCUT2D eigenvalue weighted by atomic mass is 9.70. The van der Waals surface area contributed by atoms with Crippen LogP contribution in [0.3, 0.4) is 0 Å². The smallest absolute Gasteiger partial charge is 0.0295 e. The molecule has 0 aromatic rings. The van der Waals surface area contributed by atoms with E-state index in [1.807, 2.05) is 0 Å². The van der Waals surface area contributed by atoms with Crippen molar-refractivity contribution >= 4 is 0 Å². The van der Waals surface area contributed by atoms with Crippen molar-refractivity contribution in [1.82, 2.24) is 0 Å². The fourth-order valence-electron chi connectivity index (χ4n) is 4.00. The third kappa shape index (κ3) is 1.65. The average molecular weight is 180 g/mol. The van der Waals surface area contributed by atoms with Gasteiger partial charge in [0.2, 0.25) is 0 Å². The van der Waals surface area contributed by atoms with E-state index in [4.69, 9.17) is 0 Å². The van der Waals surface area contributed by atoms with E-state index in [-0.39, 0.29) is 0 Å². The zero-order valence-corrected chi connectivity index (χ0v) is 9.31. The molecule has 0 heterocycles. The monoisotopic (exact) mass is 180 g/mol. The molecule has 0 N–H and O–H groups in total. The van der Waals surface area contributed by atoms with E-state index in [1.54, 1.807) is 0 Å². The van der Waals surface area contributed by atoms with Crippen LogP contribution in [-0.2, 0) is 0 Å². The molecule has 0 heteroatoms. The maximum absolute atomic E-state index is 2.57. The van der Waals surface area contributed by atoms with Crippen molar-refractivity contribution in [2.75, 3.05) is 0 Å². The van der Waals surface area contributed by atoms with Gasteiger partial charge in [-0.25, -0.2) is 0 Å². The summed E-state index contributed by atoms with van der Waals surface area (Å²) in [6.45, 7) is 4.96. The minimum absolute atomic E-state index is 0.747. The third-order valence-electron chi connectivity index (χ3n) is 4.82. The van der Waals surface area contributed by atoms with Gasteiger partial charge in [0.05, 0.1) is 0 Å². The Labute approximate surface area is 83.1 Å². The fraction of sp³-hybridized carbons (Fsp3) is 1.00. The molecule has 0 aromatic heterocycles. The molecule has 2 saturated carbocycles. The maximum Gasteiger partial charge on any atom is -0.0295 e. The minimum Gasteiger partial charge on any atom is -0.0651 e. The molecule has 0 aliphatic heterocycles. The zero-order chi connectivity index (χ0) is 9.31. The summed E-state index contributed by atoms with van der Waals surface area (Å²) in [7, 11) is 0. The van der Waals surface area contributed by atoms with Crippen LogP contribution >= 0.6 is 0 Å². The summed E-state index contributed by atoms with van der Waals surface area (Å²) in [6.07, 6.45) is 12.1. The summed E-state index contributed by atoms with van der Waals surface area (Å²) < 4.78 is 0. The van der Waals surface area contributed by atoms with E-state index in [0.29, 0.717) is 0 Å². The molecule has 2 rings (SSSR count). The number of hydrogen-bond donors (Lipinski definition) is 0. The molecule has 0 saturated heterocycles. The predicted molar refractivity (Wildman–Crippen MR) is 57.7 cm³/mol. The maximum atomic E-state index is 2.57. The molecule has 0 amide bonds. The van der Waals surface area contributed by atoms with Gasteiger partial charge in [0.25, 0.3) is 0 Å². The zero-order valence-electron chi connectivity index (χ0n) is 9.31. The van der Waals surface area contributed by atoms with Gasteiger partial charge < -0.3 is 0 Å². The van der Waals surface area contributed by atoms with Crippen LogP contribution in [-0.4, -0.2) is 0 Å². The second-order valence-corrected chi connectivity index (χ2v) is 5.57. The van der Waals surface area contributed by atoms with Crippen LogP contribution in [0.25, 0.3) is 0 Å². The lowest BCUT2D eigenvalue weighted by molar-refractivity contribution is 0.145. The molecule has 0 aromatic carbocycles. The van der Waals surface area contributed by atoms with Crippen molar-refractivity contribution in [3.63, 3.8) is 0 Å². The van der Waals surface area contributed by atoms with E-state index in [9.17, 15) is 0 Å². The van der Waals surface area contributed by atoms with E-state index < -0.39 is 0 Å². The standard InChI is InChI=1S/C13H24/c1-3-11-7-6-8-12(11)13(2)9-4-5-10-13/h11-12H,3-10H2,1-2H3. The molecule has 2 fully saturated rings. The molecular weight excluding hydrogens is 156 g/mol. The van der Waals surface area contributed by atoms with Crippen LogP contribution in [0.2, 0.25) is 0 Å². The summed E-state index contributed by atoms with van der Waals surface area (Å²) in [5.74, 6) is 2.16. The van der Waals surface area contributed by atoms with Gasteiger partial charge in [-0.2, -0.15) is 0 Å². The first-order chi connectivity index (χ1) is 6.26. The Hall–Kier alpha value is 0. The summed E-state index contributed by atoms with van der Waals surface area (Å²) in [5, 5.41) is 0. The van der Waals surface area contributed by atoms with Gasteiger partial charge in [0.15, 0.2) is 0 Å². The fourth-order valence-corrected chi connectivity index (χ4v) is 4.00. The second kappa shape index (κ2) is 3.63. The summed E-state index contributed by atoms with van der Waals surface area (Å²) in [6, 6.07) is 0. The Morgan fingerprint density at radius 2 is 1.77 bits per heavy atom. The van der Waals surface area contributed by atoms with E-state index >= 15 is 0 Å². The van der Waals surface area contributed by atoms with Gasteiger partial charge in [0, 0.05) is 0 Å². The Morgan fingerprint density at radius 3 is 2.38 bits per heavy atom. The SMILES string of the molecule is CCC1CCCC1C1(C)CCCC1. The quantitative estimate of drug-likeness (QED) is 0.591. The van der Waals surface area contributed by atoms with Crippen LogP contribution in [0.1, 0.15) is 65.2 Å². The highest BCUT2D eigenvalue weighted by Gasteiger charge is 2.42. The lowest BCUT2D eigenvalue weighted by Gasteiger charge is -2.35. The number of hydrogen-bond acceptors (Lipinski definition) is 0. The summed E-state index contributed by atoms with van der Waals surface area (Å²) >= 11 is 0. The molecule has 2 unspecified atom stereocenters. The molecule has 13 heavy (non-hydrogen) atoms. The molecule has 2 aliphatic carbocycles. The lowest BCUT2D eigenvalue weighted by Crippen LogP contribution is -2.26. The molecular formula is C13H24. The van der Waals surface area contributed by atoms with Crippen molar-refractivity contribution < 1.29 is 0 Å². The highest BCUT2D eigenvalue weighted by molar-refractivity contribution is 4.92. The molecule has 0 spiro atoms. The van der Waals surface area contributed by atoms with Crippen LogP contribution < -0.4 is 0 Å². The molecule has 0 radical (unpaired) electrons. The highest BCUT2D eigenvalue weighted by Crippen LogP contribution is 2.53. The van der Waals surface area contributed by atoms with Crippen molar-refractivity contribution in [1.29, 1.82) is 0 Å². The van der Waals surface area contributed by atoms with Crippen LogP contribution in [0.15, 0.2) is 0 Å². The first kappa shape index (κ1) is 9.55. The van der Waals surface area contributed by atoms with Crippen molar-refractivity contribution in [2.24, 2.45) is 17.3 Å². The summed E-state index contributed by atoms with van der Waals surface area (Å²) in [4.78, 5) is 0. The first-order valence-corrected chi connectivity index (χ1v) is 6.26. The largest absolute Gasteiger partial charge is 0.0651 e.